The van der Waals surface area contributed by atoms with Crippen LogP contribution in [-0.2, 0) is 5.54 Å². The van der Waals surface area contributed by atoms with E-state index in [0.717, 1.165) is 11.5 Å². The Morgan fingerprint density at radius 3 is 2.69 bits per heavy atom. The predicted molar refractivity (Wildman–Crippen MR) is 97.8 cm³/mol. The molecule has 0 bridgehead atoms. The molecular formula is C19H14F3N3O3S. The molecule has 0 saturated heterocycles. The molecule has 3 heterocycles. The Morgan fingerprint density at radius 1 is 1.21 bits per heavy atom. The minimum absolute atomic E-state index is 0.246. The molecule has 3 aromatic rings. The maximum atomic E-state index is 12.8. The normalized spacial score (nSPS) is 18.4. The first-order chi connectivity index (χ1) is 13.9. The highest BCUT2D eigenvalue weighted by Gasteiger charge is 2.43. The van der Waals surface area contributed by atoms with Gasteiger partial charge < -0.3 is 14.8 Å². The standard InChI is InChI=1S/C19H14F3N3O3S/c20-19(21,22)28-13-5-3-12(4-6-13)18(24-17(26)14-7-11-29-25-14)8-10-27-15-2-1-9-23-16(15)18/h1-7,9,11H,8,10H2,(H,24,26)/t18-/m0/s1. The number of hydrogen-bond acceptors (Lipinski definition) is 6. The summed E-state index contributed by atoms with van der Waals surface area (Å²) >= 11 is 1.14. The summed E-state index contributed by atoms with van der Waals surface area (Å²) in [6.07, 6.45) is -2.88. The van der Waals surface area contributed by atoms with Gasteiger partial charge in [0.2, 0.25) is 0 Å². The molecule has 1 aliphatic heterocycles. The van der Waals surface area contributed by atoms with Gasteiger partial charge >= 0.3 is 6.36 Å². The fourth-order valence-electron chi connectivity index (χ4n) is 3.26. The van der Waals surface area contributed by atoms with E-state index in [1.165, 1.54) is 24.3 Å². The molecule has 0 spiro atoms. The Bertz CT molecular complexity index is 1010. The molecule has 29 heavy (non-hydrogen) atoms. The third kappa shape index (κ3) is 3.88. The summed E-state index contributed by atoms with van der Waals surface area (Å²) in [5.74, 6) is -0.274. The average molecular weight is 421 g/mol. The van der Waals surface area contributed by atoms with Crippen LogP contribution < -0.4 is 14.8 Å². The van der Waals surface area contributed by atoms with Gasteiger partial charge in [-0.05, 0) is 47.4 Å². The second-order valence-electron chi connectivity index (χ2n) is 6.26. The Labute approximate surface area is 167 Å². The fraction of sp³-hybridized carbons (Fsp3) is 0.211. The van der Waals surface area contributed by atoms with Crippen molar-refractivity contribution in [3.8, 4) is 11.5 Å². The number of halogens is 3. The van der Waals surface area contributed by atoms with Crippen molar-refractivity contribution < 1.29 is 27.4 Å². The van der Waals surface area contributed by atoms with Crippen LogP contribution in [0.3, 0.4) is 0 Å². The van der Waals surface area contributed by atoms with Crippen molar-refractivity contribution in [2.45, 2.75) is 18.3 Å². The van der Waals surface area contributed by atoms with Crippen LogP contribution in [0.25, 0.3) is 0 Å². The summed E-state index contributed by atoms with van der Waals surface area (Å²) in [4.78, 5) is 17.2. The highest BCUT2D eigenvalue weighted by Crippen LogP contribution is 2.41. The minimum atomic E-state index is -4.79. The molecule has 1 aromatic carbocycles. The van der Waals surface area contributed by atoms with E-state index in [4.69, 9.17) is 4.74 Å². The Balaban J connectivity index is 1.77. The summed E-state index contributed by atoms with van der Waals surface area (Å²) < 4.78 is 51.1. The van der Waals surface area contributed by atoms with E-state index in [-0.39, 0.29) is 18.1 Å². The SMILES string of the molecule is O=C(N[C@]1(c2ccc(OC(F)(F)F)cc2)CCOc2cccnc21)c1ccsn1. The number of carbonyl (C=O) groups excluding carboxylic acids is 1. The number of hydrogen-bond donors (Lipinski definition) is 1. The topological polar surface area (TPSA) is 73.3 Å². The summed E-state index contributed by atoms with van der Waals surface area (Å²) in [6.45, 7) is 0.289. The lowest BCUT2D eigenvalue weighted by molar-refractivity contribution is -0.274. The molecule has 0 fully saturated rings. The van der Waals surface area contributed by atoms with Gasteiger partial charge in [0.1, 0.15) is 28.4 Å². The van der Waals surface area contributed by atoms with Crippen LogP contribution >= 0.6 is 11.5 Å². The lowest BCUT2D eigenvalue weighted by atomic mass is 9.81. The molecule has 1 amide bonds. The number of aromatic nitrogens is 2. The molecule has 0 radical (unpaired) electrons. The van der Waals surface area contributed by atoms with E-state index < -0.39 is 17.8 Å². The average Bonchev–Trinajstić information content (AvgIpc) is 3.22. The van der Waals surface area contributed by atoms with Crippen molar-refractivity contribution in [3.05, 3.63) is 71.0 Å². The van der Waals surface area contributed by atoms with Gasteiger partial charge in [0.15, 0.2) is 0 Å². The van der Waals surface area contributed by atoms with E-state index in [1.807, 2.05) is 0 Å². The minimum Gasteiger partial charge on any atom is -0.491 e. The molecule has 2 aromatic heterocycles. The summed E-state index contributed by atoms with van der Waals surface area (Å²) in [7, 11) is 0. The van der Waals surface area contributed by atoms with E-state index in [9.17, 15) is 18.0 Å². The van der Waals surface area contributed by atoms with E-state index in [1.54, 1.807) is 29.8 Å². The number of alkyl halides is 3. The van der Waals surface area contributed by atoms with Crippen LogP contribution in [-0.4, -0.2) is 28.2 Å². The van der Waals surface area contributed by atoms with Gasteiger partial charge in [-0.15, -0.1) is 13.2 Å². The molecule has 0 aliphatic carbocycles. The second-order valence-corrected chi connectivity index (χ2v) is 6.93. The summed E-state index contributed by atoms with van der Waals surface area (Å²) in [5, 5.41) is 4.66. The van der Waals surface area contributed by atoms with Crippen molar-refractivity contribution in [1.82, 2.24) is 14.7 Å². The lowest BCUT2D eigenvalue weighted by Gasteiger charge is -2.38. The van der Waals surface area contributed by atoms with Crippen molar-refractivity contribution >= 4 is 17.4 Å². The first kappa shape index (κ1) is 19.2. The van der Waals surface area contributed by atoms with E-state index in [2.05, 4.69) is 19.4 Å². The van der Waals surface area contributed by atoms with Gasteiger partial charge in [-0.1, -0.05) is 12.1 Å². The number of benzene rings is 1. The predicted octanol–water partition coefficient (Wildman–Crippen LogP) is 3.89. The third-order valence-electron chi connectivity index (χ3n) is 4.49. The van der Waals surface area contributed by atoms with Gasteiger partial charge in [-0.3, -0.25) is 9.78 Å². The molecule has 1 N–H and O–H groups in total. The molecular weight excluding hydrogens is 407 g/mol. The first-order valence-corrected chi connectivity index (χ1v) is 9.38. The Hall–Kier alpha value is -3.14. The van der Waals surface area contributed by atoms with Crippen molar-refractivity contribution in [2.75, 3.05) is 6.61 Å². The highest BCUT2D eigenvalue weighted by molar-refractivity contribution is 7.03. The zero-order valence-corrected chi connectivity index (χ0v) is 15.6. The molecule has 4 rings (SSSR count). The first-order valence-electron chi connectivity index (χ1n) is 8.55. The highest BCUT2D eigenvalue weighted by atomic mass is 32.1. The smallest absolute Gasteiger partial charge is 0.491 e. The fourth-order valence-corrected chi connectivity index (χ4v) is 3.77. The molecule has 1 atom stereocenters. The quantitative estimate of drug-likeness (QED) is 0.692. The molecule has 0 unspecified atom stereocenters. The molecule has 10 heteroatoms. The zero-order chi connectivity index (χ0) is 20.5. The third-order valence-corrected chi connectivity index (χ3v) is 5.05. The number of amides is 1. The van der Waals surface area contributed by atoms with Crippen molar-refractivity contribution in [2.24, 2.45) is 0 Å². The molecule has 0 saturated carbocycles. The summed E-state index contributed by atoms with van der Waals surface area (Å²) in [6, 6.07) is 10.4. The van der Waals surface area contributed by atoms with Crippen LogP contribution in [0, 0.1) is 0 Å². The van der Waals surface area contributed by atoms with Gasteiger partial charge in [0.05, 0.1) is 6.61 Å². The molecule has 6 nitrogen and oxygen atoms in total. The Kier molecular flexibility index (Phi) is 4.87. The van der Waals surface area contributed by atoms with Crippen LogP contribution in [0.15, 0.2) is 54.0 Å². The van der Waals surface area contributed by atoms with Gasteiger partial charge in [-0.2, -0.15) is 4.37 Å². The number of fused-ring (bicyclic) bond motifs is 1. The van der Waals surface area contributed by atoms with Gasteiger partial charge in [0.25, 0.3) is 5.91 Å². The van der Waals surface area contributed by atoms with Crippen molar-refractivity contribution in [1.29, 1.82) is 0 Å². The molecule has 150 valence electrons. The van der Waals surface area contributed by atoms with Crippen LogP contribution in [0.1, 0.15) is 28.2 Å². The van der Waals surface area contributed by atoms with E-state index in [0.29, 0.717) is 23.4 Å². The second kappa shape index (κ2) is 7.36. The summed E-state index contributed by atoms with van der Waals surface area (Å²) in [5.41, 5.74) is 0.181. The Morgan fingerprint density at radius 2 is 2.00 bits per heavy atom. The number of rotatable bonds is 4. The number of pyridine rings is 1. The molecule has 1 aliphatic rings. The van der Waals surface area contributed by atoms with Gasteiger partial charge in [0, 0.05) is 18.0 Å². The maximum Gasteiger partial charge on any atom is 0.573 e. The van der Waals surface area contributed by atoms with Crippen LogP contribution in [0.5, 0.6) is 11.5 Å². The lowest BCUT2D eigenvalue weighted by Crippen LogP contribution is -2.50. The van der Waals surface area contributed by atoms with Crippen LogP contribution in [0.2, 0.25) is 0 Å². The number of carbonyl (C=O) groups is 1. The van der Waals surface area contributed by atoms with Crippen molar-refractivity contribution in [3.63, 3.8) is 0 Å². The maximum absolute atomic E-state index is 12.8. The van der Waals surface area contributed by atoms with Crippen LogP contribution in [0.4, 0.5) is 13.2 Å². The monoisotopic (exact) mass is 421 g/mol. The zero-order valence-electron chi connectivity index (χ0n) is 14.8. The number of ether oxygens (including phenoxy) is 2. The van der Waals surface area contributed by atoms with E-state index >= 15 is 0 Å². The van der Waals surface area contributed by atoms with Gasteiger partial charge in [-0.25, -0.2) is 0 Å². The number of nitrogens with one attached hydrogen (secondary N) is 1. The largest absolute Gasteiger partial charge is 0.573 e. The number of nitrogens with zero attached hydrogens (tertiary/aromatic N) is 2.